The van der Waals surface area contributed by atoms with Gasteiger partial charge in [-0.3, -0.25) is 5.43 Å². The van der Waals surface area contributed by atoms with E-state index >= 15 is 0 Å². The monoisotopic (exact) mass is 259 g/mol. The largest absolute Gasteiger partial charge is 0.300 e. The van der Waals surface area contributed by atoms with Crippen LogP contribution in [0.5, 0.6) is 0 Å². The first-order valence-electron chi connectivity index (χ1n) is 4.08. The summed E-state index contributed by atoms with van der Waals surface area (Å²) in [7, 11) is 0. The van der Waals surface area contributed by atoms with Crippen molar-refractivity contribution in [1.82, 2.24) is 4.98 Å². The molecule has 0 spiro atoms. The highest BCUT2D eigenvalue weighted by molar-refractivity contribution is 7.14. The Labute approximate surface area is 101 Å². The number of anilines is 1. The highest BCUT2D eigenvalue weighted by Gasteiger charge is 2.07. The first-order valence-corrected chi connectivity index (χ1v) is 5.72. The zero-order chi connectivity index (χ0) is 10.8. The van der Waals surface area contributed by atoms with Gasteiger partial charge in [-0.25, -0.2) is 10.8 Å². The zero-order valence-electron chi connectivity index (χ0n) is 7.50. The summed E-state index contributed by atoms with van der Waals surface area (Å²) in [5.74, 6) is 5.25. The van der Waals surface area contributed by atoms with Crippen molar-refractivity contribution in [3.05, 3.63) is 33.6 Å². The molecule has 0 aliphatic carbocycles. The predicted molar refractivity (Wildman–Crippen MR) is 65.4 cm³/mol. The molecule has 6 heteroatoms. The van der Waals surface area contributed by atoms with Crippen LogP contribution in [0.15, 0.2) is 23.6 Å². The van der Waals surface area contributed by atoms with Gasteiger partial charge in [-0.05, 0) is 18.2 Å². The van der Waals surface area contributed by atoms with E-state index in [1.54, 1.807) is 12.1 Å². The standard InChI is InChI=1S/C9H7Cl2N3S/c10-5-1-2-6(7(11)3-5)8-4-15-9(13-8)14-12/h1-4H,12H2,(H,13,14). The molecule has 0 amide bonds. The molecule has 0 atom stereocenters. The first kappa shape index (κ1) is 10.7. The Morgan fingerprint density at radius 3 is 2.73 bits per heavy atom. The Bertz CT molecular complexity index is 484. The second-order valence-electron chi connectivity index (χ2n) is 2.81. The molecule has 0 saturated carbocycles. The molecule has 0 fully saturated rings. The van der Waals surface area contributed by atoms with Crippen molar-refractivity contribution in [3.8, 4) is 11.3 Å². The van der Waals surface area contributed by atoms with Gasteiger partial charge in [0.15, 0.2) is 5.13 Å². The Kier molecular flexibility index (Phi) is 3.11. The molecule has 1 aromatic carbocycles. The minimum atomic E-state index is 0.580. The Balaban J connectivity index is 2.44. The SMILES string of the molecule is NNc1nc(-c2ccc(Cl)cc2Cl)cs1. The van der Waals surface area contributed by atoms with E-state index in [1.165, 1.54) is 11.3 Å². The van der Waals surface area contributed by atoms with Crippen LogP contribution < -0.4 is 11.3 Å². The minimum Gasteiger partial charge on any atom is -0.300 e. The molecule has 2 aromatic rings. The summed E-state index contributed by atoms with van der Waals surface area (Å²) in [5, 5.41) is 3.72. The lowest BCUT2D eigenvalue weighted by atomic mass is 10.2. The van der Waals surface area contributed by atoms with E-state index in [9.17, 15) is 0 Å². The van der Waals surface area contributed by atoms with Crippen molar-refractivity contribution in [2.24, 2.45) is 5.84 Å². The molecule has 2 rings (SSSR count). The molecule has 78 valence electrons. The minimum absolute atomic E-state index is 0.580. The predicted octanol–water partition coefficient (Wildman–Crippen LogP) is 3.40. The molecule has 3 N–H and O–H groups in total. The second kappa shape index (κ2) is 4.37. The van der Waals surface area contributed by atoms with Gasteiger partial charge in [-0.15, -0.1) is 11.3 Å². The normalized spacial score (nSPS) is 10.3. The summed E-state index contributed by atoms with van der Waals surface area (Å²) in [4.78, 5) is 4.24. The number of aromatic nitrogens is 1. The van der Waals surface area contributed by atoms with Gasteiger partial charge in [0, 0.05) is 16.0 Å². The number of hydrogen-bond acceptors (Lipinski definition) is 4. The fourth-order valence-electron chi connectivity index (χ4n) is 1.16. The van der Waals surface area contributed by atoms with Crippen molar-refractivity contribution >= 4 is 39.7 Å². The summed E-state index contributed by atoms with van der Waals surface area (Å²) in [6.45, 7) is 0. The first-order chi connectivity index (χ1) is 7.20. The third-order valence-electron chi connectivity index (χ3n) is 1.83. The molecule has 0 radical (unpaired) electrons. The average molecular weight is 260 g/mol. The molecule has 1 heterocycles. The summed E-state index contributed by atoms with van der Waals surface area (Å²) in [6, 6.07) is 5.30. The van der Waals surface area contributed by atoms with Crippen molar-refractivity contribution in [2.75, 3.05) is 5.43 Å². The van der Waals surface area contributed by atoms with Gasteiger partial charge in [-0.1, -0.05) is 23.2 Å². The number of hydrogen-bond donors (Lipinski definition) is 2. The van der Waals surface area contributed by atoms with Crippen LogP contribution in [0.25, 0.3) is 11.3 Å². The maximum atomic E-state index is 6.05. The lowest BCUT2D eigenvalue weighted by molar-refractivity contribution is 1.29. The van der Waals surface area contributed by atoms with Crippen molar-refractivity contribution in [2.45, 2.75) is 0 Å². The number of benzene rings is 1. The topological polar surface area (TPSA) is 50.9 Å². The van der Waals surface area contributed by atoms with E-state index in [4.69, 9.17) is 29.0 Å². The third-order valence-corrected chi connectivity index (χ3v) is 3.16. The molecule has 15 heavy (non-hydrogen) atoms. The van der Waals surface area contributed by atoms with Gasteiger partial charge in [0.2, 0.25) is 0 Å². The summed E-state index contributed by atoms with van der Waals surface area (Å²) in [5.41, 5.74) is 4.12. The number of rotatable bonds is 2. The van der Waals surface area contributed by atoms with Gasteiger partial charge in [-0.2, -0.15) is 0 Å². The van der Waals surface area contributed by atoms with Gasteiger partial charge < -0.3 is 0 Å². The number of thiazole rings is 1. The molecular weight excluding hydrogens is 253 g/mol. The number of halogens is 2. The van der Waals surface area contributed by atoms with E-state index in [1.807, 2.05) is 11.4 Å². The number of nitrogen functional groups attached to an aromatic ring is 1. The fraction of sp³-hybridized carbons (Fsp3) is 0. The summed E-state index contributed by atoms with van der Waals surface area (Å²) in [6.07, 6.45) is 0. The van der Waals surface area contributed by atoms with Crippen LogP contribution in [-0.4, -0.2) is 4.98 Å². The molecule has 0 saturated heterocycles. The van der Waals surface area contributed by atoms with Gasteiger partial charge in [0.1, 0.15) is 0 Å². The highest BCUT2D eigenvalue weighted by atomic mass is 35.5. The van der Waals surface area contributed by atoms with Crippen LogP contribution in [0.1, 0.15) is 0 Å². The number of nitrogens with zero attached hydrogens (tertiary/aromatic N) is 1. The van der Waals surface area contributed by atoms with E-state index < -0.39 is 0 Å². The Morgan fingerprint density at radius 2 is 2.13 bits per heavy atom. The zero-order valence-corrected chi connectivity index (χ0v) is 9.83. The quantitative estimate of drug-likeness (QED) is 0.642. The molecule has 1 aromatic heterocycles. The fourth-order valence-corrected chi connectivity index (χ4v) is 2.29. The van der Waals surface area contributed by atoms with Crippen LogP contribution in [0, 0.1) is 0 Å². The van der Waals surface area contributed by atoms with Crippen LogP contribution >= 0.6 is 34.5 Å². The average Bonchev–Trinajstić information content (AvgIpc) is 2.66. The van der Waals surface area contributed by atoms with E-state index in [0.29, 0.717) is 15.2 Å². The maximum Gasteiger partial charge on any atom is 0.197 e. The molecule has 0 aliphatic heterocycles. The van der Waals surface area contributed by atoms with E-state index in [0.717, 1.165) is 11.3 Å². The smallest absolute Gasteiger partial charge is 0.197 e. The van der Waals surface area contributed by atoms with Crippen LogP contribution in [0.4, 0.5) is 5.13 Å². The van der Waals surface area contributed by atoms with Crippen LogP contribution in [0.3, 0.4) is 0 Å². The van der Waals surface area contributed by atoms with Gasteiger partial charge in [0.25, 0.3) is 0 Å². The van der Waals surface area contributed by atoms with Crippen molar-refractivity contribution in [3.63, 3.8) is 0 Å². The third kappa shape index (κ3) is 2.23. The summed E-state index contributed by atoms with van der Waals surface area (Å²) >= 11 is 13.3. The molecule has 0 unspecified atom stereocenters. The highest BCUT2D eigenvalue weighted by Crippen LogP contribution is 2.31. The molecule has 0 bridgehead atoms. The van der Waals surface area contributed by atoms with Crippen LogP contribution in [0.2, 0.25) is 10.0 Å². The lowest BCUT2D eigenvalue weighted by Gasteiger charge is -2.00. The van der Waals surface area contributed by atoms with E-state index in [2.05, 4.69) is 10.4 Å². The Morgan fingerprint density at radius 1 is 1.33 bits per heavy atom. The molecular formula is C9H7Cl2N3S. The number of nitrogens with one attached hydrogen (secondary N) is 1. The van der Waals surface area contributed by atoms with Crippen LogP contribution in [-0.2, 0) is 0 Å². The Hall–Kier alpha value is -0.810. The number of hydrazine groups is 1. The van der Waals surface area contributed by atoms with Gasteiger partial charge >= 0.3 is 0 Å². The second-order valence-corrected chi connectivity index (χ2v) is 4.51. The van der Waals surface area contributed by atoms with E-state index in [-0.39, 0.29) is 0 Å². The maximum absolute atomic E-state index is 6.05. The number of nitrogens with two attached hydrogens (primary N) is 1. The van der Waals surface area contributed by atoms with Gasteiger partial charge in [0.05, 0.1) is 10.7 Å². The van der Waals surface area contributed by atoms with Crippen molar-refractivity contribution in [1.29, 1.82) is 0 Å². The molecule has 0 aliphatic rings. The van der Waals surface area contributed by atoms with Crippen molar-refractivity contribution < 1.29 is 0 Å². The summed E-state index contributed by atoms with van der Waals surface area (Å²) < 4.78 is 0. The molecule has 3 nitrogen and oxygen atoms in total. The lowest BCUT2D eigenvalue weighted by Crippen LogP contribution is -2.05.